The van der Waals surface area contributed by atoms with E-state index in [1.807, 2.05) is 0 Å². The summed E-state index contributed by atoms with van der Waals surface area (Å²) >= 11 is 0. The number of rotatable bonds is 3. The number of aliphatic hydroxyl groups is 2. The van der Waals surface area contributed by atoms with Gasteiger partial charge in [-0.3, -0.25) is 4.79 Å². The lowest BCUT2D eigenvalue weighted by atomic mass is 9.82. The third-order valence-electron chi connectivity index (χ3n) is 5.12. The number of benzene rings is 1. The number of likely N-dealkylation sites (tertiary alicyclic amines) is 1. The molecule has 1 aliphatic heterocycles. The maximum atomic E-state index is 13.1. The first-order valence-electron chi connectivity index (χ1n) is 8.42. The first-order valence-corrected chi connectivity index (χ1v) is 8.42. The van der Waals surface area contributed by atoms with E-state index in [-0.39, 0.29) is 30.7 Å². The summed E-state index contributed by atoms with van der Waals surface area (Å²) < 4.78 is 13.1. The van der Waals surface area contributed by atoms with Crippen molar-refractivity contribution in [1.29, 1.82) is 0 Å². The van der Waals surface area contributed by atoms with Crippen LogP contribution < -0.4 is 0 Å². The van der Waals surface area contributed by atoms with E-state index in [0.717, 1.165) is 24.8 Å². The van der Waals surface area contributed by atoms with Crippen molar-refractivity contribution in [3.63, 3.8) is 0 Å². The fourth-order valence-electron chi connectivity index (χ4n) is 3.86. The summed E-state index contributed by atoms with van der Waals surface area (Å²) in [4.78, 5) is 14.3. The highest BCUT2D eigenvalue weighted by molar-refractivity contribution is 5.78. The number of aliphatic hydroxyl groups excluding tert-OH is 1. The monoisotopic (exact) mass is 321 g/mol. The van der Waals surface area contributed by atoms with Gasteiger partial charge in [-0.15, -0.1) is 0 Å². The van der Waals surface area contributed by atoms with Crippen molar-refractivity contribution in [2.45, 2.75) is 62.7 Å². The van der Waals surface area contributed by atoms with E-state index >= 15 is 0 Å². The van der Waals surface area contributed by atoms with Crippen LogP contribution in [0.1, 0.15) is 56.6 Å². The van der Waals surface area contributed by atoms with Gasteiger partial charge in [0.15, 0.2) is 0 Å². The molecule has 1 aromatic carbocycles. The van der Waals surface area contributed by atoms with Gasteiger partial charge in [-0.1, -0.05) is 31.4 Å². The first kappa shape index (κ1) is 16.4. The van der Waals surface area contributed by atoms with Crippen molar-refractivity contribution >= 4 is 5.91 Å². The summed E-state index contributed by atoms with van der Waals surface area (Å²) in [6.45, 7) is 0.275. The predicted octanol–water partition coefficient (Wildman–Crippen LogP) is 2.55. The molecule has 1 aliphatic carbocycles. The Kier molecular flexibility index (Phi) is 4.69. The van der Waals surface area contributed by atoms with Crippen LogP contribution in [0.3, 0.4) is 0 Å². The maximum absolute atomic E-state index is 13.1. The molecule has 1 amide bonds. The van der Waals surface area contributed by atoms with Gasteiger partial charge >= 0.3 is 0 Å². The standard InChI is InChI=1S/C18H24FNO3/c19-14-6-4-13(5-7-14)16-10-15(21)12-20(16)17(22)11-18(23)8-2-1-3-9-18/h4-7,15-16,21,23H,1-3,8-12H2/t15-,16+/m1/s1. The molecule has 1 saturated carbocycles. The molecule has 2 N–H and O–H groups in total. The average Bonchev–Trinajstić information content (AvgIpc) is 2.90. The summed E-state index contributed by atoms with van der Waals surface area (Å²) in [5, 5.41) is 20.6. The van der Waals surface area contributed by atoms with Gasteiger partial charge in [0.2, 0.25) is 5.91 Å². The largest absolute Gasteiger partial charge is 0.391 e. The Balaban J connectivity index is 1.73. The van der Waals surface area contributed by atoms with Gasteiger partial charge in [-0.2, -0.15) is 0 Å². The van der Waals surface area contributed by atoms with Gasteiger partial charge in [0, 0.05) is 6.54 Å². The number of hydrogen-bond acceptors (Lipinski definition) is 3. The molecule has 2 fully saturated rings. The lowest BCUT2D eigenvalue weighted by molar-refractivity contribution is -0.139. The van der Waals surface area contributed by atoms with Crippen molar-refractivity contribution in [3.8, 4) is 0 Å². The molecule has 0 aromatic heterocycles. The zero-order chi connectivity index (χ0) is 16.4. The molecule has 1 aromatic rings. The lowest BCUT2D eigenvalue weighted by Crippen LogP contribution is -2.40. The molecule has 0 spiro atoms. The van der Waals surface area contributed by atoms with Crippen molar-refractivity contribution in [3.05, 3.63) is 35.6 Å². The third-order valence-corrected chi connectivity index (χ3v) is 5.12. The molecule has 1 heterocycles. The number of carbonyl (C=O) groups is 1. The van der Waals surface area contributed by atoms with E-state index in [9.17, 15) is 19.4 Å². The van der Waals surface area contributed by atoms with Crippen LogP contribution in [0.2, 0.25) is 0 Å². The molecule has 2 aliphatic rings. The minimum absolute atomic E-state index is 0.109. The predicted molar refractivity (Wildman–Crippen MR) is 84.1 cm³/mol. The van der Waals surface area contributed by atoms with Gasteiger partial charge in [0.05, 0.1) is 24.2 Å². The van der Waals surface area contributed by atoms with Crippen LogP contribution in [0, 0.1) is 5.82 Å². The minimum Gasteiger partial charge on any atom is -0.391 e. The quantitative estimate of drug-likeness (QED) is 0.899. The Morgan fingerprint density at radius 2 is 1.87 bits per heavy atom. The number of halogens is 1. The van der Waals surface area contributed by atoms with Crippen LogP contribution in [-0.4, -0.2) is 39.3 Å². The van der Waals surface area contributed by atoms with Crippen molar-refractivity contribution < 1.29 is 19.4 Å². The highest BCUT2D eigenvalue weighted by Crippen LogP contribution is 2.36. The van der Waals surface area contributed by atoms with Gasteiger partial charge < -0.3 is 15.1 Å². The lowest BCUT2D eigenvalue weighted by Gasteiger charge is -2.34. The summed E-state index contributed by atoms with van der Waals surface area (Å²) in [5.74, 6) is -0.443. The normalized spacial score (nSPS) is 27.2. The number of nitrogens with zero attached hydrogens (tertiary/aromatic N) is 1. The Morgan fingerprint density at radius 3 is 2.52 bits per heavy atom. The molecule has 0 radical (unpaired) electrons. The molecular weight excluding hydrogens is 297 g/mol. The molecule has 0 unspecified atom stereocenters. The third kappa shape index (κ3) is 3.72. The van der Waals surface area contributed by atoms with E-state index in [1.54, 1.807) is 17.0 Å². The second kappa shape index (κ2) is 6.57. The van der Waals surface area contributed by atoms with Gasteiger partial charge in [-0.05, 0) is 37.0 Å². The number of amides is 1. The number of β-amino-alcohol motifs (C(OH)–C–C–N with tert-alkyl or cyclic N) is 1. The Bertz CT molecular complexity index is 554. The van der Waals surface area contributed by atoms with Crippen molar-refractivity contribution in [1.82, 2.24) is 4.90 Å². The van der Waals surface area contributed by atoms with Gasteiger partial charge in [0.25, 0.3) is 0 Å². The Labute approximate surface area is 135 Å². The minimum atomic E-state index is -0.907. The van der Waals surface area contributed by atoms with Crippen LogP contribution in [0.25, 0.3) is 0 Å². The van der Waals surface area contributed by atoms with E-state index in [2.05, 4.69) is 0 Å². The molecule has 5 heteroatoms. The molecule has 4 nitrogen and oxygen atoms in total. The molecule has 23 heavy (non-hydrogen) atoms. The van der Waals surface area contributed by atoms with Crippen LogP contribution in [0.15, 0.2) is 24.3 Å². The molecule has 0 bridgehead atoms. The molecule has 1 saturated heterocycles. The molecule has 2 atom stereocenters. The molecule has 126 valence electrons. The second-order valence-electron chi connectivity index (χ2n) is 6.96. The zero-order valence-corrected chi connectivity index (χ0v) is 13.2. The van der Waals surface area contributed by atoms with Crippen LogP contribution in [0.5, 0.6) is 0 Å². The highest BCUT2D eigenvalue weighted by atomic mass is 19.1. The van der Waals surface area contributed by atoms with E-state index in [1.165, 1.54) is 12.1 Å². The fourth-order valence-corrected chi connectivity index (χ4v) is 3.86. The Morgan fingerprint density at radius 1 is 1.22 bits per heavy atom. The SMILES string of the molecule is O=C(CC1(O)CCCCC1)N1C[C@H](O)C[C@H]1c1ccc(F)cc1. The molecular formula is C18H24FNO3. The van der Waals surface area contributed by atoms with E-state index < -0.39 is 11.7 Å². The van der Waals surface area contributed by atoms with Gasteiger partial charge in [0.1, 0.15) is 5.82 Å². The highest BCUT2D eigenvalue weighted by Gasteiger charge is 2.39. The number of hydrogen-bond donors (Lipinski definition) is 2. The maximum Gasteiger partial charge on any atom is 0.226 e. The summed E-state index contributed by atoms with van der Waals surface area (Å²) in [7, 11) is 0. The first-order chi connectivity index (χ1) is 11.0. The van der Waals surface area contributed by atoms with Crippen LogP contribution in [-0.2, 0) is 4.79 Å². The fraction of sp³-hybridized carbons (Fsp3) is 0.611. The zero-order valence-electron chi connectivity index (χ0n) is 13.2. The topological polar surface area (TPSA) is 60.8 Å². The summed E-state index contributed by atoms with van der Waals surface area (Å²) in [6.07, 6.45) is 4.33. The van der Waals surface area contributed by atoms with E-state index in [0.29, 0.717) is 19.3 Å². The summed E-state index contributed by atoms with van der Waals surface area (Å²) in [5.41, 5.74) is -0.0807. The van der Waals surface area contributed by atoms with E-state index in [4.69, 9.17) is 0 Å². The average molecular weight is 321 g/mol. The smallest absolute Gasteiger partial charge is 0.226 e. The van der Waals surface area contributed by atoms with Crippen LogP contribution in [0.4, 0.5) is 4.39 Å². The van der Waals surface area contributed by atoms with Crippen molar-refractivity contribution in [2.24, 2.45) is 0 Å². The second-order valence-corrected chi connectivity index (χ2v) is 6.96. The molecule has 3 rings (SSSR count). The Hall–Kier alpha value is -1.46. The number of carbonyl (C=O) groups excluding carboxylic acids is 1. The van der Waals surface area contributed by atoms with Crippen LogP contribution >= 0.6 is 0 Å². The summed E-state index contributed by atoms with van der Waals surface area (Å²) in [6, 6.07) is 5.82. The van der Waals surface area contributed by atoms with Gasteiger partial charge in [-0.25, -0.2) is 4.39 Å². The van der Waals surface area contributed by atoms with Crippen molar-refractivity contribution in [2.75, 3.05) is 6.54 Å².